The average molecular weight is 628 g/mol. The summed E-state index contributed by atoms with van der Waals surface area (Å²) in [5, 5.41) is 16.8. The number of nitrogens with zero attached hydrogens (tertiary/aromatic N) is 3. The van der Waals surface area contributed by atoms with E-state index in [1.54, 1.807) is 29.2 Å². The molecule has 0 aliphatic carbocycles. The Morgan fingerprint density at radius 1 is 1.05 bits per heavy atom. The molecular weight excluding hydrogens is 594 g/mol. The van der Waals surface area contributed by atoms with Gasteiger partial charge in [0.05, 0.1) is 32.8 Å². The Kier molecular flexibility index (Phi) is 7.48. The number of nitrogens with one attached hydrogen (secondary N) is 2. The fourth-order valence-corrected chi connectivity index (χ4v) is 7.41. The second kappa shape index (κ2) is 10.9. The average Bonchev–Trinajstić information content (AvgIpc) is 3.48. The van der Waals surface area contributed by atoms with Crippen LogP contribution in [0, 0.1) is 11.2 Å². The van der Waals surface area contributed by atoms with E-state index in [0.717, 1.165) is 30.0 Å². The summed E-state index contributed by atoms with van der Waals surface area (Å²) in [4.78, 5) is 21.4. The van der Waals surface area contributed by atoms with Crippen LogP contribution in [0.4, 0.5) is 44.5 Å². The maximum atomic E-state index is 14.5. The molecule has 7 nitrogen and oxygen atoms in total. The van der Waals surface area contributed by atoms with Crippen molar-refractivity contribution in [3.63, 3.8) is 0 Å². The largest absolute Gasteiger partial charge is 0.506 e. The summed E-state index contributed by atoms with van der Waals surface area (Å²) in [5.74, 6) is -0.658. The highest BCUT2D eigenvalue weighted by Gasteiger charge is 2.52. The molecule has 0 saturated carbocycles. The molecule has 2 amide bonds. The molecule has 4 aromatic rings. The number of para-hydroxylation sites is 2. The van der Waals surface area contributed by atoms with Crippen LogP contribution in [-0.4, -0.2) is 47.2 Å². The standard InChI is InChI=1S/C32H33F4N5O2S/c1-30(2,3)17-40-14-12-31(13-15-40)18-41(27-24(42)11-9-20(26(27)31)32(34,35)36)23-7-5-4-6-21(23)37-28(43)39-29-38-22-10-8-19(33)16-25(22)44-29/h4-11,16,42H,12-15,17-18H2,1-3H3,(H2,37,38,39,43). The lowest BCUT2D eigenvalue weighted by Crippen LogP contribution is -2.47. The van der Waals surface area contributed by atoms with Crippen molar-refractivity contribution in [1.29, 1.82) is 0 Å². The Labute approximate surface area is 256 Å². The number of hydrogen-bond donors (Lipinski definition) is 3. The van der Waals surface area contributed by atoms with Crippen LogP contribution in [0.15, 0.2) is 54.6 Å². The van der Waals surface area contributed by atoms with Gasteiger partial charge < -0.3 is 20.2 Å². The van der Waals surface area contributed by atoms with Gasteiger partial charge in [-0.3, -0.25) is 5.32 Å². The molecule has 1 aromatic heterocycles. The van der Waals surface area contributed by atoms with Gasteiger partial charge in [-0.05, 0) is 79.4 Å². The number of thiazole rings is 1. The number of aromatic nitrogens is 1. The molecule has 232 valence electrons. The van der Waals surface area contributed by atoms with Crippen molar-refractivity contribution in [2.45, 2.75) is 45.2 Å². The molecule has 44 heavy (non-hydrogen) atoms. The van der Waals surface area contributed by atoms with Crippen LogP contribution in [0.5, 0.6) is 5.75 Å². The molecule has 2 aliphatic rings. The molecule has 0 atom stereocenters. The summed E-state index contributed by atoms with van der Waals surface area (Å²) in [6, 6.07) is 12.4. The van der Waals surface area contributed by atoms with Crippen molar-refractivity contribution in [1.82, 2.24) is 9.88 Å². The van der Waals surface area contributed by atoms with Crippen molar-refractivity contribution >= 4 is 49.8 Å². The van der Waals surface area contributed by atoms with Crippen LogP contribution in [0.1, 0.15) is 44.7 Å². The van der Waals surface area contributed by atoms with E-state index in [-0.39, 0.29) is 34.1 Å². The quantitative estimate of drug-likeness (QED) is 0.198. The van der Waals surface area contributed by atoms with Crippen LogP contribution in [0.2, 0.25) is 0 Å². The lowest BCUT2D eigenvalue weighted by molar-refractivity contribution is -0.138. The van der Waals surface area contributed by atoms with Crippen LogP contribution < -0.4 is 15.5 Å². The molecule has 1 fully saturated rings. The molecule has 1 saturated heterocycles. The number of urea groups is 1. The number of halogens is 4. The van der Waals surface area contributed by atoms with Gasteiger partial charge in [-0.25, -0.2) is 14.2 Å². The molecule has 3 N–H and O–H groups in total. The third-order valence-electron chi connectivity index (χ3n) is 8.25. The topological polar surface area (TPSA) is 80.7 Å². The first-order valence-corrected chi connectivity index (χ1v) is 15.2. The van der Waals surface area contributed by atoms with Crippen molar-refractivity contribution in [3.8, 4) is 5.75 Å². The maximum absolute atomic E-state index is 14.5. The smallest absolute Gasteiger partial charge is 0.416 e. The second-order valence-electron chi connectivity index (χ2n) is 12.8. The number of phenols is 1. The summed E-state index contributed by atoms with van der Waals surface area (Å²) >= 11 is 1.12. The number of hydrogen-bond acceptors (Lipinski definition) is 6. The summed E-state index contributed by atoms with van der Waals surface area (Å²) in [7, 11) is 0. The Morgan fingerprint density at radius 2 is 1.77 bits per heavy atom. The molecular formula is C32H33F4N5O2S. The number of alkyl halides is 3. The Balaban J connectivity index is 1.33. The number of amides is 2. The van der Waals surface area contributed by atoms with E-state index in [4.69, 9.17) is 0 Å². The van der Waals surface area contributed by atoms with Gasteiger partial charge in [-0.1, -0.05) is 44.2 Å². The monoisotopic (exact) mass is 627 g/mol. The molecule has 12 heteroatoms. The summed E-state index contributed by atoms with van der Waals surface area (Å²) in [6.45, 7) is 8.73. The number of anilines is 4. The number of phenolic OH excluding ortho intramolecular Hbond substituents is 1. The molecule has 2 aliphatic heterocycles. The molecule has 3 heterocycles. The van der Waals surface area contributed by atoms with E-state index in [1.807, 2.05) is 0 Å². The molecule has 0 bridgehead atoms. The van der Waals surface area contributed by atoms with Crippen LogP contribution in [0.25, 0.3) is 10.2 Å². The number of aromatic hydroxyl groups is 1. The van der Waals surface area contributed by atoms with E-state index < -0.39 is 29.0 Å². The Hall–Kier alpha value is -3.90. The zero-order valence-corrected chi connectivity index (χ0v) is 25.4. The number of rotatable bonds is 4. The minimum Gasteiger partial charge on any atom is -0.506 e. The maximum Gasteiger partial charge on any atom is 0.416 e. The first-order valence-electron chi connectivity index (χ1n) is 14.4. The first-order chi connectivity index (χ1) is 20.7. The molecule has 0 radical (unpaired) electrons. The van der Waals surface area contributed by atoms with Crippen LogP contribution in [0.3, 0.4) is 0 Å². The Bertz CT molecular complexity index is 1720. The van der Waals surface area contributed by atoms with Gasteiger partial charge in [0.2, 0.25) is 0 Å². The van der Waals surface area contributed by atoms with Gasteiger partial charge in [0.15, 0.2) is 5.13 Å². The minimum atomic E-state index is -4.61. The second-order valence-corrected chi connectivity index (χ2v) is 13.8. The fraction of sp³-hybridized carbons (Fsp3) is 0.375. The van der Waals surface area contributed by atoms with E-state index >= 15 is 0 Å². The van der Waals surface area contributed by atoms with E-state index in [2.05, 4.69) is 41.3 Å². The number of likely N-dealkylation sites (tertiary alicyclic amines) is 1. The molecule has 3 aromatic carbocycles. The van der Waals surface area contributed by atoms with Gasteiger partial charge in [-0.15, -0.1) is 0 Å². The summed E-state index contributed by atoms with van der Waals surface area (Å²) in [6.07, 6.45) is -3.62. The normalized spacial score (nSPS) is 16.8. The number of carbonyl (C=O) groups excluding carboxylic acids is 1. The lowest BCUT2D eigenvalue weighted by Gasteiger charge is -2.42. The highest BCUT2D eigenvalue weighted by molar-refractivity contribution is 7.22. The number of fused-ring (bicyclic) bond motifs is 3. The summed E-state index contributed by atoms with van der Waals surface area (Å²) in [5.41, 5.74) is 0.0306. The SMILES string of the molecule is CC(C)(C)CN1CCC2(CC1)CN(c1ccccc1NC(=O)Nc1nc3ccc(F)cc3s1)c1c(O)ccc(C(F)(F)F)c12. The van der Waals surface area contributed by atoms with E-state index in [0.29, 0.717) is 47.5 Å². The van der Waals surface area contributed by atoms with Crippen LogP contribution >= 0.6 is 11.3 Å². The van der Waals surface area contributed by atoms with Gasteiger partial charge in [0, 0.05) is 18.5 Å². The van der Waals surface area contributed by atoms with Crippen LogP contribution in [-0.2, 0) is 11.6 Å². The van der Waals surface area contributed by atoms with Gasteiger partial charge in [-0.2, -0.15) is 13.2 Å². The van der Waals surface area contributed by atoms with Gasteiger partial charge in [0.1, 0.15) is 11.6 Å². The Morgan fingerprint density at radius 3 is 2.48 bits per heavy atom. The number of benzene rings is 3. The third kappa shape index (κ3) is 5.80. The predicted molar refractivity (Wildman–Crippen MR) is 166 cm³/mol. The zero-order chi connectivity index (χ0) is 31.4. The van der Waals surface area contributed by atoms with E-state index in [9.17, 15) is 27.5 Å². The van der Waals surface area contributed by atoms with Crippen molar-refractivity contribution < 1.29 is 27.5 Å². The van der Waals surface area contributed by atoms with Crippen molar-refractivity contribution in [2.75, 3.05) is 41.7 Å². The highest BCUT2D eigenvalue weighted by Crippen LogP contribution is 2.57. The van der Waals surface area contributed by atoms with Crippen molar-refractivity contribution in [3.05, 3.63) is 71.5 Å². The fourth-order valence-electron chi connectivity index (χ4n) is 6.53. The van der Waals surface area contributed by atoms with Gasteiger partial charge >= 0.3 is 12.2 Å². The van der Waals surface area contributed by atoms with Gasteiger partial charge in [0.25, 0.3) is 0 Å². The molecule has 6 rings (SSSR count). The minimum absolute atomic E-state index is 0.0479. The third-order valence-corrected chi connectivity index (χ3v) is 9.18. The first kappa shape index (κ1) is 30.1. The molecule has 1 spiro atoms. The predicted octanol–water partition coefficient (Wildman–Crippen LogP) is 8.34. The number of carbonyl (C=O) groups is 1. The van der Waals surface area contributed by atoms with E-state index in [1.165, 1.54) is 18.2 Å². The lowest BCUT2D eigenvalue weighted by atomic mass is 9.72. The molecule has 0 unspecified atom stereocenters. The zero-order valence-electron chi connectivity index (χ0n) is 24.6. The summed E-state index contributed by atoms with van der Waals surface area (Å²) < 4.78 is 57.7. The number of piperidine rings is 1. The van der Waals surface area contributed by atoms with Crippen molar-refractivity contribution in [2.24, 2.45) is 5.41 Å². The highest BCUT2D eigenvalue weighted by atomic mass is 32.1.